The molecule has 134 valence electrons. The molecule has 25 heavy (non-hydrogen) atoms. The molecule has 0 aromatic heterocycles. The fraction of sp³-hybridized carbons (Fsp3) is 0.350. The summed E-state index contributed by atoms with van der Waals surface area (Å²) in [7, 11) is 3.12. The van der Waals surface area contributed by atoms with Crippen molar-refractivity contribution in [2.45, 2.75) is 26.7 Å². The van der Waals surface area contributed by atoms with E-state index >= 15 is 0 Å². The lowest BCUT2D eigenvalue weighted by atomic mass is 10.0. The molecular weight excluding hydrogens is 318 g/mol. The van der Waals surface area contributed by atoms with Crippen LogP contribution in [-0.4, -0.2) is 26.7 Å². The van der Waals surface area contributed by atoms with Crippen LogP contribution in [0.2, 0.25) is 0 Å². The van der Waals surface area contributed by atoms with Crippen molar-refractivity contribution in [2.24, 2.45) is 0 Å². The number of aryl methyl sites for hydroxylation is 1. The predicted molar refractivity (Wildman–Crippen MR) is 98.9 cm³/mol. The predicted octanol–water partition coefficient (Wildman–Crippen LogP) is 4.15. The van der Waals surface area contributed by atoms with E-state index < -0.39 is 0 Å². The van der Waals surface area contributed by atoms with Gasteiger partial charge in [0.1, 0.15) is 17.2 Å². The van der Waals surface area contributed by atoms with Crippen LogP contribution in [0.4, 0.5) is 5.69 Å². The van der Waals surface area contributed by atoms with Crippen molar-refractivity contribution < 1.29 is 19.0 Å². The highest BCUT2D eigenvalue weighted by Gasteiger charge is 2.12. The molecule has 1 amide bonds. The number of anilines is 1. The number of hydrogen-bond donors (Lipinski definition) is 1. The Morgan fingerprint density at radius 1 is 1.04 bits per heavy atom. The molecule has 0 aliphatic carbocycles. The van der Waals surface area contributed by atoms with Gasteiger partial charge in [0.2, 0.25) is 0 Å². The van der Waals surface area contributed by atoms with E-state index in [-0.39, 0.29) is 12.5 Å². The Morgan fingerprint density at radius 3 is 2.44 bits per heavy atom. The summed E-state index contributed by atoms with van der Waals surface area (Å²) in [6, 6.07) is 11.3. The molecule has 1 N–H and O–H groups in total. The summed E-state index contributed by atoms with van der Waals surface area (Å²) < 4.78 is 16.2. The first kappa shape index (κ1) is 18.6. The van der Waals surface area contributed by atoms with Crippen LogP contribution in [0.1, 0.15) is 30.9 Å². The zero-order chi connectivity index (χ0) is 18.4. The van der Waals surface area contributed by atoms with Gasteiger partial charge < -0.3 is 19.5 Å². The van der Waals surface area contributed by atoms with Gasteiger partial charge >= 0.3 is 0 Å². The minimum atomic E-state index is -0.250. The van der Waals surface area contributed by atoms with Crippen molar-refractivity contribution in [1.82, 2.24) is 0 Å². The van der Waals surface area contributed by atoms with Crippen LogP contribution in [0.3, 0.4) is 0 Å². The quantitative estimate of drug-likeness (QED) is 0.820. The second-order valence-corrected chi connectivity index (χ2v) is 6.10. The molecule has 2 aromatic carbocycles. The van der Waals surface area contributed by atoms with Gasteiger partial charge in [-0.2, -0.15) is 0 Å². The fourth-order valence-electron chi connectivity index (χ4n) is 2.47. The molecule has 0 aliphatic rings. The first-order valence-corrected chi connectivity index (χ1v) is 8.19. The number of rotatable bonds is 7. The Labute approximate surface area is 148 Å². The molecule has 0 unspecified atom stereocenters. The molecule has 0 fully saturated rings. The molecule has 0 saturated heterocycles. The number of hydrogen-bond acceptors (Lipinski definition) is 4. The van der Waals surface area contributed by atoms with Crippen molar-refractivity contribution >= 4 is 11.6 Å². The largest absolute Gasteiger partial charge is 0.497 e. The monoisotopic (exact) mass is 343 g/mol. The summed E-state index contributed by atoms with van der Waals surface area (Å²) in [5.41, 5.74) is 2.75. The number of benzene rings is 2. The Morgan fingerprint density at radius 2 is 1.80 bits per heavy atom. The maximum atomic E-state index is 12.3. The number of methoxy groups -OCH3 is 2. The molecule has 0 heterocycles. The Hall–Kier alpha value is -2.69. The van der Waals surface area contributed by atoms with Crippen molar-refractivity contribution in [2.75, 3.05) is 26.1 Å². The van der Waals surface area contributed by atoms with Crippen LogP contribution >= 0.6 is 0 Å². The van der Waals surface area contributed by atoms with Gasteiger partial charge in [0.15, 0.2) is 6.61 Å². The second-order valence-electron chi connectivity index (χ2n) is 6.10. The first-order chi connectivity index (χ1) is 11.9. The van der Waals surface area contributed by atoms with Crippen molar-refractivity contribution in [1.29, 1.82) is 0 Å². The van der Waals surface area contributed by atoms with Crippen LogP contribution < -0.4 is 19.5 Å². The summed E-state index contributed by atoms with van der Waals surface area (Å²) in [4.78, 5) is 12.3. The molecular formula is C20H25NO4. The summed E-state index contributed by atoms with van der Waals surface area (Å²) in [6.45, 7) is 6.12. The summed E-state index contributed by atoms with van der Waals surface area (Å²) in [5, 5.41) is 2.80. The van der Waals surface area contributed by atoms with E-state index in [1.165, 1.54) is 0 Å². The maximum Gasteiger partial charge on any atom is 0.262 e. The average Bonchev–Trinajstić information content (AvgIpc) is 2.60. The van der Waals surface area contributed by atoms with Crippen molar-refractivity contribution in [3.63, 3.8) is 0 Å². The number of amides is 1. The fourth-order valence-corrected chi connectivity index (χ4v) is 2.47. The van der Waals surface area contributed by atoms with Gasteiger partial charge in [0, 0.05) is 6.07 Å². The molecule has 0 radical (unpaired) electrons. The van der Waals surface area contributed by atoms with Crippen LogP contribution in [0.15, 0.2) is 36.4 Å². The minimum absolute atomic E-state index is 0.0711. The molecule has 0 aliphatic heterocycles. The van der Waals surface area contributed by atoms with E-state index in [9.17, 15) is 4.79 Å². The average molecular weight is 343 g/mol. The molecule has 5 nitrogen and oxygen atoms in total. The molecule has 5 heteroatoms. The van der Waals surface area contributed by atoms with Gasteiger partial charge in [-0.15, -0.1) is 0 Å². The Kier molecular flexibility index (Phi) is 6.28. The lowest BCUT2D eigenvalue weighted by Gasteiger charge is -2.15. The third-order valence-electron chi connectivity index (χ3n) is 3.83. The van der Waals surface area contributed by atoms with Gasteiger partial charge in [0.05, 0.1) is 19.9 Å². The van der Waals surface area contributed by atoms with Crippen molar-refractivity contribution in [3.05, 3.63) is 47.5 Å². The lowest BCUT2D eigenvalue weighted by molar-refractivity contribution is -0.118. The SMILES string of the molecule is COc1ccc(NC(=O)COc2cc(C)ccc2C(C)C)c(OC)c1. The number of carbonyl (C=O) groups excluding carboxylic acids is 1. The van der Waals surface area contributed by atoms with Gasteiger partial charge in [-0.05, 0) is 42.2 Å². The maximum absolute atomic E-state index is 12.3. The van der Waals surface area contributed by atoms with E-state index in [4.69, 9.17) is 14.2 Å². The Bertz CT molecular complexity index is 740. The molecule has 0 spiro atoms. The van der Waals surface area contributed by atoms with Gasteiger partial charge in [0.25, 0.3) is 5.91 Å². The zero-order valence-electron chi connectivity index (χ0n) is 15.4. The van der Waals surface area contributed by atoms with Gasteiger partial charge in [-0.1, -0.05) is 26.0 Å². The van der Waals surface area contributed by atoms with Gasteiger partial charge in [-0.25, -0.2) is 0 Å². The van der Waals surface area contributed by atoms with Gasteiger partial charge in [-0.3, -0.25) is 4.79 Å². The van der Waals surface area contributed by atoms with E-state index in [1.54, 1.807) is 32.4 Å². The molecule has 2 rings (SSSR count). The zero-order valence-corrected chi connectivity index (χ0v) is 15.4. The molecule has 2 aromatic rings. The van der Waals surface area contributed by atoms with E-state index in [2.05, 4.69) is 19.2 Å². The standard InChI is InChI=1S/C20H25NO4/c1-13(2)16-8-6-14(3)10-18(16)25-12-20(22)21-17-9-7-15(23-4)11-19(17)24-5/h6-11,13H,12H2,1-5H3,(H,21,22). The lowest BCUT2D eigenvalue weighted by Crippen LogP contribution is -2.21. The third-order valence-corrected chi connectivity index (χ3v) is 3.83. The van der Waals surface area contributed by atoms with Crippen molar-refractivity contribution in [3.8, 4) is 17.2 Å². The first-order valence-electron chi connectivity index (χ1n) is 8.19. The van der Waals surface area contributed by atoms with E-state index in [1.807, 2.05) is 25.1 Å². The summed E-state index contributed by atoms with van der Waals surface area (Å²) in [5.74, 6) is 2.01. The minimum Gasteiger partial charge on any atom is -0.497 e. The molecule has 0 atom stereocenters. The Balaban J connectivity index is 2.06. The number of nitrogens with one attached hydrogen (secondary N) is 1. The van der Waals surface area contributed by atoms with E-state index in [0.29, 0.717) is 23.1 Å². The molecule has 0 saturated carbocycles. The number of ether oxygens (including phenoxy) is 3. The topological polar surface area (TPSA) is 56.8 Å². The highest BCUT2D eigenvalue weighted by Crippen LogP contribution is 2.30. The normalized spacial score (nSPS) is 10.5. The summed E-state index contributed by atoms with van der Waals surface area (Å²) >= 11 is 0. The van der Waals surface area contributed by atoms with Crippen LogP contribution in [0.25, 0.3) is 0 Å². The number of carbonyl (C=O) groups is 1. The third kappa shape index (κ3) is 4.89. The van der Waals surface area contributed by atoms with Crippen LogP contribution in [0, 0.1) is 6.92 Å². The molecule has 0 bridgehead atoms. The highest BCUT2D eigenvalue weighted by molar-refractivity contribution is 5.93. The highest BCUT2D eigenvalue weighted by atomic mass is 16.5. The van der Waals surface area contributed by atoms with Crippen LogP contribution in [-0.2, 0) is 4.79 Å². The second kappa shape index (κ2) is 8.42. The van der Waals surface area contributed by atoms with Crippen LogP contribution in [0.5, 0.6) is 17.2 Å². The summed E-state index contributed by atoms with van der Waals surface area (Å²) in [6.07, 6.45) is 0. The van der Waals surface area contributed by atoms with E-state index in [0.717, 1.165) is 16.9 Å². The smallest absolute Gasteiger partial charge is 0.262 e.